The van der Waals surface area contributed by atoms with Crippen LogP contribution in [0.15, 0.2) is 12.5 Å². The molecule has 0 aliphatic heterocycles. The van der Waals surface area contributed by atoms with Gasteiger partial charge in [-0.25, -0.2) is 4.98 Å². The molecule has 4 heteroatoms. The zero-order valence-corrected chi connectivity index (χ0v) is 12.3. The summed E-state index contributed by atoms with van der Waals surface area (Å²) in [6.45, 7) is 12.2. The molecule has 0 aromatic carbocycles. The minimum Gasteiger partial charge on any atom is -0.330 e. The van der Waals surface area contributed by atoms with Gasteiger partial charge in [-0.15, -0.1) is 0 Å². The maximum absolute atomic E-state index is 5.95. The van der Waals surface area contributed by atoms with Gasteiger partial charge in [-0.2, -0.15) is 0 Å². The Hall–Kier alpha value is -0.870. The molecule has 0 bridgehead atoms. The molecule has 1 heterocycles. The molecule has 2 N–H and O–H groups in total. The molecule has 0 amide bonds. The van der Waals surface area contributed by atoms with Crippen LogP contribution in [0.1, 0.15) is 58.3 Å². The molecular weight excluding hydrogens is 224 g/mol. The summed E-state index contributed by atoms with van der Waals surface area (Å²) in [6.07, 6.45) is 6.18. The van der Waals surface area contributed by atoms with Crippen molar-refractivity contribution < 1.29 is 0 Å². The molecule has 1 aromatic rings. The van der Waals surface area contributed by atoms with Gasteiger partial charge in [-0.1, -0.05) is 13.8 Å². The second kappa shape index (κ2) is 7.54. The molecule has 0 fully saturated rings. The van der Waals surface area contributed by atoms with E-state index in [9.17, 15) is 0 Å². The van der Waals surface area contributed by atoms with Crippen molar-refractivity contribution in [3.8, 4) is 0 Å². The Kier molecular flexibility index (Phi) is 6.36. The van der Waals surface area contributed by atoms with Crippen molar-refractivity contribution in [3.63, 3.8) is 0 Å². The van der Waals surface area contributed by atoms with Crippen molar-refractivity contribution in [2.24, 2.45) is 5.73 Å². The predicted octanol–water partition coefficient (Wildman–Crippen LogP) is 2.59. The van der Waals surface area contributed by atoms with E-state index in [0.29, 0.717) is 6.04 Å². The van der Waals surface area contributed by atoms with Gasteiger partial charge < -0.3 is 15.2 Å². The maximum atomic E-state index is 5.95. The second-order valence-electron chi connectivity index (χ2n) is 5.03. The van der Waals surface area contributed by atoms with Crippen LogP contribution in [0.5, 0.6) is 0 Å². The van der Waals surface area contributed by atoms with E-state index in [0.717, 1.165) is 18.8 Å². The Balaban J connectivity index is 2.45. The van der Waals surface area contributed by atoms with E-state index in [2.05, 4.69) is 35.2 Å². The standard InChI is InChI=1S/C14H28N4/c1-5-17(6-2)9-7-8-12(3)18-11-16-10-14(18)13(4)15/h10-13H,5-9,15H2,1-4H3/t12?,13-/m0/s1. The third kappa shape index (κ3) is 4.10. The van der Waals surface area contributed by atoms with Crippen molar-refractivity contribution in [3.05, 3.63) is 18.2 Å². The van der Waals surface area contributed by atoms with Crippen LogP contribution in [-0.4, -0.2) is 34.1 Å². The smallest absolute Gasteiger partial charge is 0.0951 e. The average Bonchev–Trinajstić information content (AvgIpc) is 2.83. The van der Waals surface area contributed by atoms with Crippen LogP contribution in [0.25, 0.3) is 0 Å². The first-order valence-electron chi connectivity index (χ1n) is 7.09. The zero-order chi connectivity index (χ0) is 13.5. The number of imidazole rings is 1. The lowest BCUT2D eigenvalue weighted by Gasteiger charge is -2.21. The zero-order valence-electron chi connectivity index (χ0n) is 12.3. The fourth-order valence-corrected chi connectivity index (χ4v) is 2.33. The molecule has 2 atom stereocenters. The average molecular weight is 252 g/mol. The Labute approximate surface area is 111 Å². The van der Waals surface area contributed by atoms with Gasteiger partial charge in [0.2, 0.25) is 0 Å². The van der Waals surface area contributed by atoms with Crippen molar-refractivity contribution in [2.45, 2.75) is 52.6 Å². The van der Waals surface area contributed by atoms with Crippen molar-refractivity contribution >= 4 is 0 Å². The van der Waals surface area contributed by atoms with E-state index in [1.165, 1.54) is 19.4 Å². The number of rotatable bonds is 8. The topological polar surface area (TPSA) is 47.1 Å². The summed E-state index contributed by atoms with van der Waals surface area (Å²) in [4.78, 5) is 6.68. The number of hydrogen-bond acceptors (Lipinski definition) is 3. The molecule has 0 spiro atoms. The Morgan fingerprint density at radius 3 is 2.56 bits per heavy atom. The second-order valence-corrected chi connectivity index (χ2v) is 5.03. The highest BCUT2D eigenvalue weighted by atomic mass is 15.1. The monoisotopic (exact) mass is 252 g/mol. The normalized spacial score (nSPS) is 15.0. The minimum absolute atomic E-state index is 0.0535. The summed E-state index contributed by atoms with van der Waals surface area (Å²) in [7, 11) is 0. The van der Waals surface area contributed by atoms with Crippen LogP contribution in [0, 0.1) is 0 Å². The lowest BCUT2D eigenvalue weighted by molar-refractivity contribution is 0.287. The molecule has 1 aromatic heterocycles. The first-order chi connectivity index (χ1) is 8.60. The number of hydrogen-bond donors (Lipinski definition) is 1. The maximum Gasteiger partial charge on any atom is 0.0951 e. The molecule has 4 nitrogen and oxygen atoms in total. The van der Waals surface area contributed by atoms with E-state index < -0.39 is 0 Å². The van der Waals surface area contributed by atoms with E-state index in [1.807, 2.05) is 19.4 Å². The molecule has 0 radical (unpaired) electrons. The van der Waals surface area contributed by atoms with Crippen LogP contribution >= 0.6 is 0 Å². The third-order valence-corrected chi connectivity index (χ3v) is 3.63. The summed E-state index contributed by atoms with van der Waals surface area (Å²) in [5, 5.41) is 0. The van der Waals surface area contributed by atoms with E-state index in [1.54, 1.807) is 0 Å². The highest BCUT2D eigenvalue weighted by molar-refractivity contribution is 5.04. The minimum atomic E-state index is 0.0535. The molecule has 1 unspecified atom stereocenters. The quantitative estimate of drug-likeness (QED) is 0.773. The highest BCUT2D eigenvalue weighted by Crippen LogP contribution is 2.19. The molecule has 0 aliphatic carbocycles. The van der Waals surface area contributed by atoms with Crippen LogP contribution in [0.2, 0.25) is 0 Å². The van der Waals surface area contributed by atoms with Crippen LogP contribution in [-0.2, 0) is 0 Å². The van der Waals surface area contributed by atoms with Crippen molar-refractivity contribution in [2.75, 3.05) is 19.6 Å². The van der Waals surface area contributed by atoms with Gasteiger partial charge in [0.25, 0.3) is 0 Å². The Morgan fingerprint density at radius 2 is 2.00 bits per heavy atom. The molecule has 104 valence electrons. The van der Waals surface area contributed by atoms with E-state index in [4.69, 9.17) is 5.73 Å². The van der Waals surface area contributed by atoms with Gasteiger partial charge >= 0.3 is 0 Å². The van der Waals surface area contributed by atoms with Gasteiger partial charge in [-0.3, -0.25) is 0 Å². The number of aromatic nitrogens is 2. The van der Waals surface area contributed by atoms with E-state index >= 15 is 0 Å². The fraction of sp³-hybridized carbons (Fsp3) is 0.786. The lowest BCUT2D eigenvalue weighted by Crippen LogP contribution is -2.24. The van der Waals surface area contributed by atoms with Gasteiger partial charge in [0.05, 0.1) is 12.0 Å². The number of nitrogens with two attached hydrogens (primary N) is 1. The summed E-state index contributed by atoms with van der Waals surface area (Å²) < 4.78 is 2.22. The molecule has 0 aliphatic rings. The molecule has 0 saturated heterocycles. The van der Waals surface area contributed by atoms with E-state index in [-0.39, 0.29) is 6.04 Å². The summed E-state index contributed by atoms with van der Waals surface area (Å²) in [6, 6.07) is 0.529. The highest BCUT2D eigenvalue weighted by Gasteiger charge is 2.12. The van der Waals surface area contributed by atoms with Crippen LogP contribution in [0.3, 0.4) is 0 Å². The fourth-order valence-electron chi connectivity index (χ4n) is 2.33. The van der Waals surface area contributed by atoms with Gasteiger partial charge in [0.15, 0.2) is 0 Å². The molecular formula is C14H28N4. The van der Waals surface area contributed by atoms with Crippen molar-refractivity contribution in [1.82, 2.24) is 14.5 Å². The Morgan fingerprint density at radius 1 is 1.33 bits per heavy atom. The van der Waals surface area contributed by atoms with Crippen LogP contribution < -0.4 is 5.73 Å². The molecule has 0 saturated carbocycles. The third-order valence-electron chi connectivity index (χ3n) is 3.63. The largest absolute Gasteiger partial charge is 0.330 e. The summed E-state index contributed by atoms with van der Waals surface area (Å²) in [5.74, 6) is 0. The first-order valence-corrected chi connectivity index (χ1v) is 7.09. The summed E-state index contributed by atoms with van der Waals surface area (Å²) >= 11 is 0. The summed E-state index contributed by atoms with van der Waals surface area (Å²) in [5.41, 5.74) is 7.08. The lowest BCUT2D eigenvalue weighted by atomic mass is 10.1. The molecule has 18 heavy (non-hydrogen) atoms. The molecule has 1 rings (SSSR count). The Bertz CT molecular complexity index is 328. The predicted molar refractivity (Wildman–Crippen MR) is 76.6 cm³/mol. The van der Waals surface area contributed by atoms with Gasteiger partial charge in [0, 0.05) is 18.3 Å². The first kappa shape index (κ1) is 15.2. The van der Waals surface area contributed by atoms with Gasteiger partial charge in [0.1, 0.15) is 0 Å². The van der Waals surface area contributed by atoms with Crippen LogP contribution in [0.4, 0.5) is 0 Å². The van der Waals surface area contributed by atoms with Gasteiger partial charge in [-0.05, 0) is 46.3 Å². The SMILES string of the molecule is CCN(CC)CCCC(C)n1cncc1[C@H](C)N. The number of nitrogens with zero attached hydrogens (tertiary/aromatic N) is 3. The van der Waals surface area contributed by atoms with Crippen molar-refractivity contribution in [1.29, 1.82) is 0 Å².